The Labute approximate surface area is 149 Å². The van der Waals surface area contributed by atoms with Crippen LogP contribution in [0.15, 0.2) is 4.99 Å². The Bertz CT molecular complexity index is 489. The third kappa shape index (κ3) is 4.85. The zero-order valence-electron chi connectivity index (χ0n) is 14.8. The van der Waals surface area contributed by atoms with Gasteiger partial charge in [0.2, 0.25) is 0 Å². The molecule has 26 heavy (non-hydrogen) atoms. The van der Waals surface area contributed by atoms with Gasteiger partial charge in [-0.2, -0.15) is 13.2 Å². The van der Waals surface area contributed by atoms with Crippen molar-refractivity contribution in [2.45, 2.75) is 68.4 Å². The lowest BCUT2D eigenvalue weighted by Gasteiger charge is -2.42. The molecule has 0 amide bonds. The number of nitrogens with zero attached hydrogens (tertiary/aromatic N) is 2. The minimum absolute atomic E-state index is 0.236. The lowest BCUT2D eigenvalue weighted by atomic mass is 9.90. The third-order valence-corrected chi connectivity index (χ3v) is 4.64. The molecule has 0 aromatic carbocycles. The molecule has 0 spiro atoms. The van der Waals surface area contributed by atoms with Gasteiger partial charge < -0.3 is 24.6 Å². The number of rotatable bonds is 7. The van der Waals surface area contributed by atoms with Crippen LogP contribution in [0.25, 0.3) is 0 Å². The smallest absolute Gasteiger partial charge is 0.388 e. The van der Waals surface area contributed by atoms with Gasteiger partial charge in [-0.3, -0.25) is 9.38 Å². The third-order valence-electron chi connectivity index (χ3n) is 4.64. The Balaban J connectivity index is 2.06. The van der Waals surface area contributed by atoms with Crippen molar-refractivity contribution in [1.82, 2.24) is 4.90 Å². The first-order valence-corrected chi connectivity index (χ1v) is 8.66. The second kappa shape index (κ2) is 8.81. The highest BCUT2D eigenvalue weighted by molar-refractivity contribution is 5.84. The van der Waals surface area contributed by atoms with Crippen LogP contribution in [0, 0.1) is 0 Å². The maximum Gasteiger partial charge on any atom is 0.417 e. The van der Waals surface area contributed by atoms with E-state index in [2.05, 4.69) is 4.99 Å². The summed E-state index contributed by atoms with van der Waals surface area (Å²) in [6.45, 7) is -0.767. The van der Waals surface area contributed by atoms with Gasteiger partial charge in [-0.1, -0.05) is 0 Å². The number of aliphatic hydroxyl groups is 2. The van der Waals surface area contributed by atoms with Gasteiger partial charge in [0.05, 0.1) is 12.8 Å². The molecule has 1 fully saturated rings. The summed E-state index contributed by atoms with van der Waals surface area (Å²) in [6.07, 6.45) is -11.7. The van der Waals surface area contributed by atoms with Gasteiger partial charge >= 0.3 is 6.18 Å². The molecule has 2 rings (SSSR count). The Morgan fingerprint density at radius 3 is 2.50 bits per heavy atom. The predicted octanol–water partition coefficient (Wildman–Crippen LogP) is 1.30. The Morgan fingerprint density at radius 2 is 1.92 bits per heavy atom. The van der Waals surface area contributed by atoms with E-state index in [9.17, 15) is 27.8 Å². The van der Waals surface area contributed by atoms with Crippen molar-refractivity contribution in [2.24, 2.45) is 4.99 Å². The van der Waals surface area contributed by atoms with E-state index in [1.807, 2.05) is 0 Å². The quantitative estimate of drug-likeness (QED) is 0.510. The maximum atomic E-state index is 13.4. The minimum atomic E-state index is -4.78. The highest BCUT2D eigenvalue weighted by Gasteiger charge is 2.56. The molecule has 2 heterocycles. The first-order chi connectivity index (χ1) is 12.2. The fraction of sp³-hybridized carbons (Fsp3) is 0.938. The molecule has 152 valence electrons. The van der Waals surface area contributed by atoms with Gasteiger partial charge in [-0.15, -0.1) is 0 Å². The normalized spacial score (nSPS) is 32.9. The highest BCUT2D eigenvalue weighted by Crippen LogP contribution is 2.37. The maximum absolute atomic E-state index is 13.4. The summed E-state index contributed by atoms with van der Waals surface area (Å²) >= 11 is 0. The fourth-order valence-corrected chi connectivity index (χ4v) is 3.22. The zero-order chi connectivity index (χ0) is 19.5. The second-order valence-corrected chi connectivity index (χ2v) is 6.84. The van der Waals surface area contributed by atoms with Crippen LogP contribution in [0.2, 0.25) is 0 Å². The molecular formula is C16H26F4N2O4. The summed E-state index contributed by atoms with van der Waals surface area (Å²) in [7, 11) is 3.46. The van der Waals surface area contributed by atoms with Crippen LogP contribution >= 0.6 is 0 Å². The molecule has 2 aliphatic rings. The van der Waals surface area contributed by atoms with Crippen LogP contribution in [0.4, 0.5) is 17.6 Å². The van der Waals surface area contributed by atoms with Gasteiger partial charge in [-0.05, 0) is 19.3 Å². The average Bonchev–Trinajstić information content (AvgIpc) is 2.98. The van der Waals surface area contributed by atoms with E-state index in [-0.39, 0.29) is 25.9 Å². The topological polar surface area (TPSA) is 74.5 Å². The lowest BCUT2D eigenvalue weighted by Crippen LogP contribution is -2.62. The molecule has 0 bridgehead atoms. The van der Waals surface area contributed by atoms with E-state index in [1.54, 1.807) is 19.0 Å². The molecule has 1 unspecified atom stereocenters. The number of alkyl halides is 4. The van der Waals surface area contributed by atoms with Gasteiger partial charge in [0.15, 0.2) is 6.10 Å². The van der Waals surface area contributed by atoms with Crippen LogP contribution in [-0.4, -0.2) is 91.1 Å². The second-order valence-electron chi connectivity index (χ2n) is 6.84. The van der Waals surface area contributed by atoms with Crippen LogP contribution in [0.5, 0.6) is 0 Å². The zero-order valence-corrected chi connectivity index (χ0v) is 14.8. The molecule has 0 aromatic rings. The number of fused-ring (bicyclic) bond motifs is 1. The van der Waals surface area contributed by atoms with E-state index in [0.29, 0.717) is 12.3 Å². The van der Waals surface area contributed by atoms with Gasteiger partial charge in [-0.25, -0.2) is 0 Å². The monoisotopic (exact) mass is 386 g/mol. The Kier molecular flexibility index (Phi) is 7.23. The molecule has 0 aromatic heterocycles. The summed E-state index contributed by atoms with van der Waals surface area (Å²) in [5.74, 6) is 0.586. The molecule has 2 aliphatic heterocycles. The fourth-order valence-electron chi connectivity index (χ4n) is 3.22. The van der Waals surface area contributed by atoms with Crippen molar-refractivity contribution in [3.05, 3.63) is 0 Å². The first-order valence-electron chi connectivity index (χ1n) is 8.66. The molecule has 0 aliphatic carbocycles. The van der Waals surface area contributed by atoms with Gasteiger partial charge in [0.1, 0.15) is 30.2 Å². The molecular weight excluding hydrogens is 360 g/mol. The number of aliphatic hydroxyl groups excluding tert-OH is 2. The molecule has 6 atom stereocenters. The number of amidine groups is 1. The summed E-state index contributed by atoms with van der Waals surface area (Å²) in [5, 5.41) is 20.5. The number of hydrogen-bond acceptors (Lipinski definition) is 6. The summed E-state index contributed by atoms with van der Waals surface area (Å²) in [4.78, 5) is 5.94. The van der Waals surface area contributed by atoms with Crippen LogP contribution in [0.3, 0.4) is 0 Å². The predicted molar refractivity (Wildman–Crippen MR) is 85.8 cm³/mol. The summed E-state index contributed by atoms with van der Waals surface area (Å²) in [6, 6.07) is -0.808. The number of ether oxygens (including phenoxy) is 2. The van der Waals surface area contributed by atoms with Crippen LogP contribution in [-0.2, 0) is 9.47 Å². The molecule has 0 saturated carbocycles. The first kappa shape index (κ1) is 21.3. The van der Waals surface area contributed by atoms with E-state index in [1.165, 1.54) is 0 Å². The van der Waals surface area contributed by atoms with Crippen LogP contribution < -0.4 is 0 Å². The lowest BCUT2D eigenvalue weighted by molar-refractivity contribution is -0.290. The van der Waals surface area contributed by atoms with Gasteiger partial charge in [0.25, 0.3) is 0 Å². The Morgan fingerprint density at radius 1 is 1.23 bits per heavy atom. The molecule has 6 nitrogen and oxygen atoms in total. The highest BCUT2D eigenvalue weighted by atomic mass is 19.4. The van der Waals surface area contributed by atoms with Crippen molar-refractivity contribution >= 4 is 5.84 Å². The van der Waals surface area contributed by atoms with Gasteiger partial charge in [0, 0.05) is 27.1 Å². The van der Waals surface area contributed by atoms with E-state index in [0.717, 1.165) is 0 Å². The minimum Gasteiger partial charge on any atom is -0.388 e. The van der Waals surface area contributed by atoms with Crippen molar-refractivity contribution in [3.8, 4) is 0 Å². The number of hydrogen-bond donors (Lipinski definition) is 2. The van der Waals surface area contributed by atoms with Crippen molar-refractivity contribution < 1.29 is 37.2 Å². The van der Waals surface area contributed by atoms with E-state index in [4.69, 9.17) is 9.47 Å². The number of halogens is 4. The Hall–Kier alpha value is -0.970. The largest absolute Gasteiger partial charge is 0.417 e. The van der Waals surface area contributed by atoms with E-state index < -0.39 is 49.4 Å². The SMILES string of the molecule is CN(C)C1=N[C@@H]2[C@@H](O)[C@H](O)C([C@@H](OCCCCCF)C(F)(F)F)O[C@@H]2C1. The van der Waals surface area contributed by atoms with Crippen molar-refractivity contribution in [3.63, 3.8) is 0 Å². The standard InChI is InChI=1S/C16H26F4N2O4/c1-22(2)10-8-9-11(21-10)12(23)13(24)14(26-9)15(16(18,19)20)25-7-5-3-4-6-17/h9,11-15,23-24H,3-8H2,1-2H3/t9-,11+,12-,13+,14?,15-/m1/s1. The molecule has 10 heteroatoms. The van der Waals surface area contributed by atoms with Crippen LogP contribution in [0.1, 0.15) is 25.7 Å². The van der Waals surface area contributed by atoms with Crippen molar-refractivity contribution in [1.29, 1.82) is 0 Å². The summed E-state index contributed by atoms with van der Waals surface area (Å²) in [5.41, 5.74) is 0. The molecule has 1 saturated heterocycles. The average molecular weight is 386 g/mol. The summed E-state index contributed by atoms with van der Waals surface area (Å²) < 4.78 is 62.8. The number of unbranched alkanes of at least 4 members (excludes halogenated alkanes) is 2. The number of aliphatic imine (C=N–C) groups is 1. The van der Waals surface area contributed by atoms with Crippen molar-refractivity contribution in [2.75, 3.05) is 27.4 Å². The molecule has 2 N–H and O–H groups in total. The molecule has 0 radical (unpaired) electrons. The van der Waals surface area contributed by atoms with E-state index >= 15 is 0 Å².